The summed E-state index contributed by atoms with van der Waals surface area (Å²) >= 11 is 0. The molecular formula is C31H34N2O. The van der Waals surface area contributed by atoms with Crippen LogP contribution in [0.1, 0.15) is 47.2 Å². The van der Waals surface area contributed by atoms with Gasteiger partial charge in [-0.2, -0.15) is 0 Å². The van der Waals surface area contributed by atoms with Gasteiger partial charge in [0.15, 0.2) is 0 Å². The lowest BCUT2D eigenvalue weighted by Gasteiger charge is -2.20. The van der Waals surface area contributed by atoms with Gasteiger partial charge < -0.3 is 10.1 Å². The van der Waals surface area contributed by atoms with Crippen LogP contribution in [0.15, 0.2) is 103 Å². The molecule has 174 valence electrons. The maximum Gasteiger partial charge on any atom is 0.130 e. The molecule has 1 heterocycles. The Hall–Kier alpha value is -3.43. The molecule has 0 aliphatic rings. The van der Waals surface area contributed by atoms with Crippen LogP contribution in [0.3, 0.4) is 0 Å². The van der Waals surface area contributed by atoms with E-state index >= 15 is 0 Å². The molecule has 3 heteroatoms. The van der Waals surface area contributed by atoms with Crippen LogP contribution >= 0.6 is 0 Å². The first-order chi connectivity index (χ1) is 16.7. The van der Waals surface area contributed by atoms with E-state index in [0.29, 0.717) is 18.6 Å². The van der Waals surface area contributed by atoms with Gasteiger partial charge in [-0.15, -0.1) is 0 Å². The lowest BCUT2D eigenvalue weighted by atomic mass is 9.88. The summed E-state index contributed by atoms with van der Waals surface area (Å²) in [6.45, 7) is 5.76. The van der Waals surface area contributed by atoms with Gasteiger partial charge in [0.2, 0.25) is 0 Å². The Labute approximate surface area is 203 Å². The largest absolute Gasteiger partial charge is 0.487 e. The molecule has 34 heavy (non-hydrogen) atoms. The van der Waals surface area contributed by atoms with Gasteiger partial charge in [-0.3, -0.25) is 4.98 Å². The van der Waals surface area contributed by atoms with E-state index in [9.17, 15) is 0 Å². The monoisotopic (exact) mass is 450 g/mol. The second-order valence-electron chi connectivity index (χ2n) is 8.98. The molecule has 3 aromatic carbocycles. The van der Waals surface area contributed by atoms with Crippen molar-refractivity contribution in [3.63, 3.8) is 0 Å². The Morgan fingerprint density at radius 2 is 1.44 bits per heavy atom. The van der Waals surface area contributed by atoms with Gasteiger partial charge in [-0.25, -0.2) is 0 Å². The maximum atomic E-state index is 5.89. The molecule has 1 N–H and O–H groups in total. The molecule has 0 saturated heterocycles. The standard InChI is InChI=1S/C31H34N2O/c1-24-13-16-29(33-22-24)23-34-30-17-14-26(15-18-30)21-25(2)32-20-19-31(27-9-5-3-6-10-27)28-11-7-4-8-12-28/h3-18,22,25,31-32H,19-21,23H2,1-2H3. The highest BCUT2D eigenvalue weighted by Gasteiger charge is 2.14. The summed E-state index contributed by atoms with van der Waals surface area (Å²) in [5, 5.41) is 3.73. The molecule has 0 fully saturated rings. The van der Waals surface area contributed by atoms with E-state index in [1.54, 1.807) is 0 Å². The Kier molecular flexibility index (Phi) is 8.48. The first-order valence-corrected chi connectivity index (χ1v) is 12.1. The molecule has 1 unspecified atom stereocenters. The van der Waals surface area contributed by atoms with Crippen molar-refractivity contribution in [2.24, 2.45) is 0 Å². The number of nitrogens with zero attached hydrogens (tertiary/aromatic N) is 1. The first-order valence-electron chi connectivity index (χ1n) is 12.1. The van der Waals surface area contributed by atoms with E-state index in [0.717, 1.165) is 36.4 Å². The summed E-state index contributed by atoms with van der Waals surface area (Å²) in [5.41, 5.74) is 6.16. The normalized spacial score (nSPS) is 12.0. The minimum Gasteiger partial charge on any atom is -0.487 e. The first kappa shape index (κ1) is 23.7. The quantitative estimate of drug-likeness (QED) is 0.276. The van der Waals surface area contributed by atoms with Crippen molar-refractivity contribution >= 4 is 0 Å². The minimum absolute atomic E-state index is 0.399. The SMILES string of the molecule is Cc1ccc(COc2ccc(CC(C)NCCC(c3ccccc3)c3ccccc3)cc2)nc1. The Balaban J connectivity index is 1.26. The smallest absolute Gasteiger partial charge is 0.130 e. The topological polar surface area (TPSA) is 34.1 Å². The van der Waals surface area contributed by atoms with Crippen LogP contribution < -0.4 is 10.1 Å². The highest BCUT2D eigenvalue weighted by atomic mass is 16.5. The van der Waals surface area contributed by atoms with Gasteiger partial charge in [0, 0.05) is 18.2 Å². The van der Waals surface area contributed by atoms with Crippen LogP contribution in [-0.2, 0) is 13.0 Å². The number of nitrogens with one attached hydrogen (secondary N) is 1. The molecule has 0 amide bonds. The number of aryl methyl sites for hydroxylation is 1. The second kappa shape index (κ2) is 12.2. The molecule has 0 spiro atoms. The van der Waals surface area contributed by atoms with Crippen molar-refractivity contribution in [3.05, 3.63) is 131 Å². The van der Waals surface area contributed by atoms with Crippen LogP contribution in [0.4, 0.5) is 0 Å². The highest BCUT2D eigenvalue weighted by Crippen LogP contribution is 2.27. The van der Waals surface area contributed by atoms with Gasteiger partial charge >= 0.3 is 0 Å². The molecule has 0 aliphatic carbocycles. The van der Waals surface area contributed by atoms with E-state index in [1.165, 1.54) is 16.7 Å². The molecule has 1 atom stereocenters. The molecule has 4 aromatic rings. The van der Waals surface area contributed by atoms with Crippen molar-refractivity contribution in [2.75, 3.05) is 6.54 Å². The van der Waals surface area contributed by atoms with Gasteiger partial charge in [-0.1, -0.05) is 78.9 Å². The summed E-state index contributed by atoms with van der Waals surface area (Å²) in [4.78, 5) is 4.40. The molecular weight excluding hydrogens is 416 g/mol. The van der Waals surface area contributed by atoms with Crippen molar-refractivity contribution in [3.8, 4) is 5.75 Å². The van der Waals surface area contributed by atoms with Crippen LogP contribution in [0.5, 0.6) is 5.75 Å². The zero-order valence-corrected chi connectivity index (χ0v) is 20.2. The molecule has 0 aliphatic heterocycles. The van der Waals surface area contributed by atoms with Gasteiger partial charge in [0.05, 0.1) is 5.69 Å². The van der Waals surface area contributed by atoms with E-state index in [-0.39, 0.29) is 0 Å². The number of benzene rings is 3. The second-order valence-corrected chi connectivity index (χ2v) is 8.98. The van der Waals surface area contributed by atoms with E-state index < -0.39 is 0 Å². The van der Waals surface area contributed by atoms with Crippen molar-refractivity contribution < 1.29 is 4.74 Å². The van der Waals surface area contributed by atoms with Crippen LogP contribution in [0.2, 0.25) is 0 Å². The third-order valence-corrected chi connectivity index (χ3v) is 6.15. The molecule has 4 rings (SSSR count). The van der Waals surface area contributed by atoms with Gasteiger partial charge in [0.25, 0.3) is 0 Å². The Morgan fingerprint density at radius 1 is 0.794 bits per heavy atom. The van der Waals surface area contributed by atoms with Crippen molar-refractivity contribution in [1.29, 1.82) is 0 Å². The fourth-order valence-electron chi connectivity index (χ4n) is 4.26. The summed E-state index contributed by atoms with van der Waals surface area (Å²) in [5.74, 6) is 1.28. The number of hydrogen-bond acceptors (Lipinski definition) is 3. The van der Waals surface area contributed by atoms with Gasteiger partial charge in [0.1, 0.15) is 12.4 Å². The molecule has 0 bridgehead atoms. The average molecular weight is 451 g/mol. The van der Waals surface area contributed by atoms with Crippen molar-refractivity contribution in [2.45, 2.75) is 45.3 Å². The molecule has 0 radical (unpaired) electrons. The third-order valence-electron chi connectivity index (χ3n) is 6.15. The van der Waals surface area contributed by atoms with Crippen LogP contribution in [0.25, 0.3) is 0 Å². The van der Waals surface area contributed by atoms with E-state index in [1.807, 2.05) is 19.2 Å². The van der Waals surface area contributed by atoms with E-state index in [2.05, 4.69) is 108 Å². The van der Waals surface area contributed by atoms with Crippen LogP contribution in [0, 0.1) is 6.92 Å². The summed E-state index contributed by atoms with van der Waals surface area (Å²) < 4.78 is 5.89. The third kappa shape index (κ3) is 7.03. The predicted molar refractivity (Wildman–Crippen MR) is 140 cm³/mol. The lowest BCUT2D eigenvalue weighted by molar-refractivity contribution is 0.301. The fourth-order valence-corrected chi connectivity index (χ4v) is 4.26. The molecule has 1 aromatic heterocycles. The number of rotatable bonds is 11. The zero-order valence-electron chi connectivity index (χ0n) is 20.2. The number of hydrogen-bond donors (Lipinski definition) is 1. The summed E-state index contributed by atoms with van der Waals surface area (Å²) in [6.07, 6.45) is 3.93. The summed E-state index contributed by atoms with van der Waals surface area (Å²) in [7, 11) is 0. The molecule has 3 nitrogen and oxygen atoms in total. The van der Waals surface area contributed by atoms with E-state index in [4.69, 9.17) is 4.74 Å². The maximum absolute atomic E-state index is 5.89. The summed E-state index contributed by atoms with van der Waals surface area (Å²) in [6, 6.07) is 34.5. The zero-order chi connectivity index (χ0) is 23.6. The minimum atomic E-state index is 0.399. The van der Waals surface area contributed by atoms with Crippen LogP contribution in [-0.4, -0.2) is 17.6 Å². The number of pyridine rings is 1. The van der Waals surface area contributed by atoms with Gasteiger partial charge in [-0.05, 0) is 73.7 Å². The number of ether oxygens (including phenoxy) is 1. The highest BCUT2D eigenvalue weighted by molar-refractivity contribution is 5.32. The fraction of sp³-hybridized carbons (Fsp3) is 0.258. The Morgan fingerprint density at radius 3 is 2.03 bits per heavy atom. The van der Waals surface area contributed by atoms with Crippen molar-refractivity contribution in [1.82, 2.24) is 10.3 Å². The Bertz CT molecular complexity index is 1070. The lowest BCUT2D eigenvalue weighted by Crippen LogP contribution is -2.30. The average Bonchev–Trinajstić information content (AvgIpc) is 2.88. The predicted octanol–water partition coefficient (Wildman–Crippen LogP) is 6.71. The molecule has 0 saturated carbocycles. The number of aromatic nitrogens is 1.